The minimum atomic E-state index is 0.468. The molecule has 1 N–H and O–H groups in total. The zero-order valence-corrected chi connectivity index (χ0v) is 12.1. The summed E-state index contributed by atoms with van der Waals surface area (Å²) in [5.74, 6) is 1.20. The van der Waals surface area contributed by atoms with Gasteiger partial charge in [0.15, 0.2) is 5.17 Å². The largest absolute Gasteiger partial charge is 0.362 e. The van der Waals surface area contributed by atoms with Crippen molar-refractivity contribution >= 4 is 28.3 Å². The van der Waals surface area contributed by atoms with Crippen molar-refractivity contribution < 1.29 is 0 Å². The van der Waals surface area contributed by atoms with E-state index < -0.39 is 0 Å². The maximum Gasteiger partial charge on any atom is 0.157 e. The van der Waals surface area contributed by atoms with Crippen molar-refractivity contribution in [3.8, 4) is 0 Å². The minimum Gasteiger partial charge on any atom is -0.362 e. The lowest BCUT2D eigenvalue weighted by Crippen LogP contribution is -2.34. The summed E-state index contributed by atoms with van der Waals surface area (Å²) in [5, 5.41) is 6.83. The Balaban J connectivity index is 1.85. The molecule has 4 heteroatoms. The quantitative estimate of drug-likeness (QED) is 0.903. The molecule has 0 saturated heterocycles. The molecule has 2 heterocycles. The van der Waals surface area contributed by atoms with Crippen molar-refractivity contribution in [3.05, 3.63) is 22.4 Å². The number of hydrogen-bond acceptors (Lipinski definition) is 4. The first-order valence-electron chi connectivity index (χ1n) is 6.27. The number of hydrogen-bond donors (Lipinski definition) is 1. The minimum absolute atomic E-state index is 0.468. The second-order valence-corrected chi connectivity index (χ2v) is 6.58. The predicted molar refractivity (Wildman–Crippen MR) is 79.2 cm³/mol. The summed E-state index contributed by atoms with van der Waals surface area (Å²) in [4.78, 5) is 6.18. The second kappa shape index (κ2) is 6.45. The van der Waals surface area contributed by atoms with Crippen LogP contribution in [0, 0.1) is 0 Å². The zero-order valence-electron chi connectivity index (χ0n) is 10.5. The van der Waals surface area contributed by atoms with E-state index in [0.717, 1.165) is 18.0 Å². The maximum absolute atomic E-state index is 4.74. The molecule has 2 atom stereocenters. The SMILES string of the molecule is CCC1CCSC(NC(C)Cc2cccs2)=N1. The van der Waals surface area contributed by atoms with E-state index in [1.165, 1.54) is 17.1 Å². The molecule has 17 heavy (non-hydrogen) atoms. The standard InChI is InChI=1S/C13H20N2S2/c1-3-11-6-8-17-13(15-11)14-10(2)9-12-5-4-7-16-12/h4-5,7,10-11H,3,6,8-9H2,1-2H3,(H,14,15). The summed E-state index contributed by atoms with van der Waals surface area (Å²) in [7, 11) is 0. The average Bonchev–Trinajstić information content (AvgIpc) is 2.82. The van der Waals surface area contributed by atoms with E-state index in [9.17, 15) is 0 Å². The van der Waals surface area contributed by atoms with Crippen LogP contribution in [-0.4, -0.2) is 23.0 Å². The molecule has 94 valence electrons. The molecule has 2 rings (SSSR count). The number of nitrogens with one attached hydrogen (secondary N) is 1. The molecule has 0 bridgehead atoms. The van der Waals surface area contributed by atoms with Crippen molar-refractivity contribution in [2.45, 2.75) is 45.2 Å². The van der Waals surface area contributed by atoms with Gasteiger partial charge in [-0.05, 0) is 31.2 Å². The Bertz CT molecular complexity index is 360. The third-order valence-electron chi connectivity index (χ3n) is 2.92. The number of thiophene rings is 1. The number of thioether (sulfide) groups is 1. The van der Waals surface area contributed by atoms with Crippen molar-refractivity contribution in [2.75, 3.05) is 5.75 Å². The van der Waals surface area contributed by atoms with Crippen molar-refractivity contribution in [1.29, 1.82) is 0 Å². The van der Waals surface area contributed by atoms with Gasteiger partial charge in [0.1, 0.15) is 0 Å². The normalized spacial score (nSPS) is 22.0. The fraction of sp³-hybridized carbons (Fsp3) is 0.615. The molecule has 2 unspecified atom stereocenters. The lowest BCUT2D eigenvalue weighted by molar-refractivity contribution is 0.615. The molecule has 1 aliphatic rings. The smallest absolute Gasteiger partial charge is 0.157 e. The van der Waals surface area contributed by atoms with Crippen LogP contribution in [0.1, 0.15) is 31.6 Å². The topological polar surface area (TPSA) is 24.4 Å². The summed E-state index contributed by atoms with van der Waals surface area (Å²) in [6, 6.07) is 5.32. The molecule has 0 aliphatic carbocycles. The second-order valence-electron chi connectivity index (χ2n) is 4.46. The summed E-state index contributed by atoms with van der Waals surface area (Å²) < 4.78 is 0. The van der Waals surface area contributed by atoms with Gasteiger partial charge in [-0.1, -0.05) is 24.8 Å². The van der Waals surface area contributed by atoms with Gasteiger partial charge in [0.25, 0.3) is 0 Å². The third kappa shape index (κ3) is 4.03. The van der Waals surface area contributed by atoms with Gasteiger partial charge in [-0.25, -0.2) is 0 Å². The van der Waals surface area contributed by atoms with Crippen LogP contribution < -0.4 is 5.32 Å². The predicted octanol–water partition coefficient (Wildman–Crippen LogP) is 3.54. The van der Waals surface area contributed by atoms with Crippen LogP contribution in [0.5, 0.6) is 0 Å². The van der Waals surface area contributed by atoms with E-state index in [4.69, 9.17) is 4.99 Å². The summed E-state index contributed by atoms with van der Waals surface area (Å²) in [6.07, 6.45) is 3.48. The first-order valence-corrected chi connectivity index (χ1v) is 8.14. The average molecular weight is 268 g/mol. The molecule has 0 amide bonds. The van der Waals surface area contributed by atoms with E-state index in [1.807, 2.05) is 23.1 Å². The van der Waals surface area contributed by atoms with E-state index in [-0.39, 0.29) is 0 Å². The molecule has 1 aromatic heterocycles. The van der Waals surface area contributed by atoms with Gasteiger partial charge in [0.2, 0.25) is 0 Å². The molecule has 0 saturated carbocycles. The molecule has 1 aromatic rings. The number of aliphatic imine (C=N–C) groups is 1. The van der Waals surface area contributed by atoms with E-state index >= 15 is 0 Å². The van der Waals surface area contributed by atoms with Gasteiger partial charge in [0, 0.05) is 23.1 Å². The monoisotopic (exact) mass is 268 g/mol. The Morgan fingerprint density at radius 2 is 2.47 bits per heavy atom. The van der Waals surface area contributed by atoms with E-state index in [2.05, 4.69) is 36.7 Å². The van der Waals surface area contributed by atoms with Crippen molar-refractivity contribution in [3.63, 3.8) is 0 Å². The Hall–Kier alpha value is -0.480. The van der Waals surface area contributed by atoms with Crippen LogP contribution in [0.4, 0.5) is 0 Å². The van der Waals surface area contributed by atoms with Gasteiger partial charge in [-0.2, -0.15) is 0 Å². The zero-order chi connectivity index (χ0) is 12.1. The first kappa shape index (κ1) is 13.0. The van der Waals surface area contributed by atoms with Gasteiger partial charge in [-0.15, -0.1) is 11.3 Å². The number of rotatable bonds is 4. The number of amidine groups is 1. The van der Waals surface area contributed by atoms with Crippen LogP contribution in [0.2, 0.25) is 0 Å². The molecular formula is C13H20N2S2. The van der Waals surface area contributed by atoms with Crippen LogP contribution in [0.3, 0.4) is 0 Å². The highest BCUT2D eigenvalue weighted by molar-refractivity contribution is 8.13. The molecule has 0 radical (unpaired) electrons. The Kier molecular flexibility index (Phi) is 4.92. The highest BCUT2D eigenvalue weighted by atomic mass is 32.2. The third-order valence-corrected chi connectivity index (χ3v) is 4.75. The van der Waals surface area contributed by atoms with Crippen LogP contribution in [0.25, 0.3) is 0 Å². The van der Waals surface area contributed by atoms with Gasteiger partial charge in [-0.3, -0.25) is 4.99 Å². The first-order chi connectivity index (χ1) is 8.28. The van der Waals surface area contributed by atoms with Gasteiger partial charge < -0.3 is 5.32 Å². The lowest BCUT2D eigenvalue weighted by Gasteiger charge is -2.22. The Morgan fingerprint density at radius 3 is 3.18 bits per heavy atom. The molecular weight excluding hydrogens is 248 g/mol. The lowest BCUT2D eigenvalue weighted by atomic mass is 10.2. The van der Waals surface area contributed by atoms with Crippen LogP contribution >= 0.6 is 23.1 Å². The van der Waals surface area contributed by atoms with Crippen LogP contribution in [0.15, 0.2) is 22.5 Å². The fourth-order valence-electron chi connectivity index (χ4n) is 1.93. The fourth-order valence-corrected chi connectivity index (χ4v) is 3.85. The summed E-state index contributed by atoms with van der Waals surface area (Å²) >= 11 is 3.70. The summed E-state index contributed by atoms with van der Waals surface area (Å²) in [6.45, 7) is 4.45. The summed E-state index contributed by atoms with van der Waals surface area (Å²) in [5.41, 5.74) is 0. The van der Waals surface area contributed by atoms with Crippen molar-refractivity contribution in [2.24, 2.45) is 4.99 Å². The maximum atomic E-state index is 4.74. The van der Waals surface area contributed by atoms with E-state index in [0.29, 0.717) is 12.1 Å². The molecule has 0 aromatic carbocycles. The molecule has 0 fully saturated rings. The van der Waals surface area contributed by atoms with Gasteiger partial charge >= 0.3 is 0 Å². The van der Waals surface area contributed by atoms with Crippen LogP contribution in [-0.2, 0) is 6.42 Å². The molecule has 1 aliphatic heterocycles. The molecule has 2 nitrogen and oxygen atoms in total. The van der Waals surface area contributed by atoms with E-state index in [1.54, 1.807) is 0 Å². The van der Waals surface area contributed by atoms with Gasteiger partial charge in [0.05, 0.1) is 6.04 Å². The Morgan fingerprint density at radius 1 is 1.59 bits per heavy atom. The highest BCUT2D eigenvalue weighted by Crippen LogP contribution is 2.19. The Labute approximate surface area is 112 Å². The van der Waals surface area contributed by atoms with Crippen molar-refractivity contribution in [1.82, 2.24) is 5.32 Å². The molecule has 0 spiro atoms. The highest BCUT2D eigenvalue weighted by Gasteiger charge is 2.15. The number of nitrogens with zero attached hydrogens (tertiary/aromatic N) is 1.